The van der Waals surface area contributed by atoms with Crippen LogP contribution in [-0.2, 0) is 4.79 Å². The van der Waals surface area contributed by atoms with E-state index in [4.69, 9.17) is 5.73 Å². The minimum absolute atomic E-state index is 0.191. The van der Waals surface area contributed by atoms with Crippen molar-refractivity contribution in [3.05, 3.63) is 12.7 Å². The Bertz CT molecular complexity index is 153. The molecule has 2 N–H and O–H groups in total. The van der Waals surface area contributed by atoms with Gasteiger partial charge >= 0.3 is 0 Å². The van der Waals surface area contributed by atoms with Gasteiger partial charge in [-0.25, -0.2) is 0 Å². The van der Waals surface area contributed by atoms with Crippen molar-refractivity contribution in [2.45, 2.75) is 25.3 Å². The predicted molar refractivity (Wildman–Crippen MR) is 40.5 cm³/mol. The summed E-state index contributed by atoms with van der Waals surface area (Å²) < 4.78 is 0. The maximum Gasteiger partial charge on any atom is 0.150 e. The Morgan fingerprint density at radius 1 is 1.70 bits per heavy atom. The molecule has 0 saturated heterocycles. The average molecular weight is 139 g/mol. The number of ketones is 1. The van der Waals surface area contributed by atoms with Crippen molar-refractivity contribution in [3.63, 3.8) is 0 Å². The quantitative estimate of drug-likeness (QED) is 0.548. The summed E-state index contributed by atoms with van der Waals surface area (Å²) in [5, 5.41) is 0. The van der Waals surface area contributed by atoms with Gasteiger partial charge in [0.15, 0.2) is 0 Å². The molecular formula is C8H13NO. The van der Waals surface area contributed by atoms with Crippen molar-refractivity contribution in [1.29, 1.82) is 0 Å². The lowest BCUT2D eigenvalue weighted by Crippen LogP contribution is -2.40. The molecule has 0 bridgehead atoms. The van der Waals surface area contributed by atoms with Crippen LogP contribution in [0.25, 0.3) is 0 Å². The maximum atomic E-state index is 11.0. The summed E-state index contributed by atoms with van der Waals surface area (Å²) in [6.07, 6.45) is 4.45. The third-order valence-corrected chi connectivity index (χ3v) is 2.10. The zero-order valence-electron chi connectivity index (χ0n) is 6.05. The number of hydrogen-bond acceptors (Lipinski definition) is 2. The summed E-state index contributed by atoms with van der Waals surface area (Å²) in [6.45, 7) is 3.64. The van der Waals surface area contributed by atoms with Crippen molar-refractivity contribution in [1.82, 2.24) is 0 Å². The molecule has 1 saturated carbocycles. The molecule has 0 radical (unpaired) electrons. The van der Waals surface area contributed by atoms with Crippen molar-refractivity contribution in [2.75, 3.05) is 0 Å². The number of carbonyl (C=O) groups is 1. The van der Waals surface area contributed by atoms with Crippen molar-refractivity contribution in [3.8, 4) is 0 Å². The van der Waals surface area contributed by atoms with Gasteiger partial charge in [0.25, 0.3) is 0 Å². The van der Waals surface area contributed by atoms with E-state index in [1.54, 1.807) is 6.08 Å². The molecule has 0 aromatic rings. The van der Waals surface area contributed by atoms with Crippen molar-refractivity contribution in [2.24, 2.45) is 11.7 Å². The molecule has 0 amide bonds. The minimum atomic E-state index is -0.272. The summed E-state index contributed by atoms with van der Waals surface area (Å²) in [4.78, 5) is 11.0. The maximum absolute atomic E-state index is 11.0. The highest BCUT2D eigenvalue weighted by Crippen LogP contribution is 2.20. The van der Waals surface area contributed by atoms with Crippen LogP contribution in [0.1, 0.15) is 19.3 Å². The summed E-state index contributed by atoms with van der Waals surface area (Å²) in [6, 6.07) is -0.272. The molecule has 2 unspecified atom stereocenters. The predicted octanol–water partition coefficient (Wildman–Crippen LogP) is 0.869. The van der Waals surface area contributed by atoms with Crippen LogP contribution in [-0.4, -0.2) is 11.8 Å². The lowest BCUT2D eigenvalue weighted by molar-refractivity contribution is -0.122. The fourth-order valence-corrected chi connectivity index (χ4v) is 1.36. The Balaban J connectivity index is 2.59. The van der Waals surface area contributed by atoms with E-state index in [-0.39, 0.29) is 17.7 Å². The van der Waals surface area contributed by atoms with Gasteiger partial charge in [0.05, 0.1) is 6.04 Å². The van der Waals surface area contributed by atoms with E-state index < -0.39 is 0 Å². The summed E-state index contributed by atoms with van der Waals surface area (Å²) in [5.74, 6) is 0.414. The fraction of sp³-hybridized carbons (Fsp3) is 0.625. The van der Waals surface area contributed by atoms with E-state index in [9.17, 15) is 4.79 Å². The second kappa shape index (κ2) is 2.97. The molecule has 0 heterocycles. The zero-order valence-corrected chi connectivity index (χ0v) is 6.05. The molecule has 0 aliphatic heterocycles. The lowest BCUT2D eigenvalue weighted by atomic mass is 9.84. The van der Waals surface area contributed by atoms with Crippen LogP contribution in [0, 0.1) is 5.92 Å². The molecule has 1 fully saturated rings. The van der Waals surface area contributed by atoms with Gasteiger partial charge in [0.1, 0.15) is 5.78 Å². The third-order valence-electron chi connectivity index (χ3n) is 2.10. The first-order chi connectivity index (χ1) is 4.75. The van der Waals surface area contributed by atoms with Gasteiger partial charge < -0.3 is 5.73 Å². The molecule has 0 aromatic heterocycles. The van der Waals surface area contributed by atoms with Gasteiger partial charge in [0.2, 0.25) is 0 Å². The van der Waals surface area contributed by atoms with Gasteiger partial charge in [-0.05, 0) is 18.8 Å². The number of Topliss-reactive ketones (excluding diaryl/α,β-unsaturated/α-hetero) is 1. The number of rotatable bonds is 1. The molecule has 2 atom stereocenters. The first kappa shape index (κ1) is 7.48. The first-order valence-electron chi connectivity index (χ1n) is 3.66. The number of hydrogen-bond donors (Lipinski definition) is 1. The van der Waals surface area contributed by atoms with Crippen LogP contribution in [0.3, 0.4) is 0 Å². The van der Waals surface area contributed by atoms with Crippen LogP contribution in [0.5, 0.6) is 0 Å². The fourth-order valence-electron chi connectivity index (χ4n) is 1.36. The Kier molecular flexibility index (Phi) is 2.22. The molecule has 1 aliphatic rings. The summed E-state index contributed by atoms with van der Waals surface area (Å²) in [7, 11) is 0. The van der Waals surface area contributed by atoms with Crippen LogP contribution in [0.4, 0.5) is 0 Å². The smallest absolute Gasteiger partial charge is 0.150 e. The van der Waals surface area contributed by atoms with Crippen molar-refractivity contribution >= 4 is 5.78 Å². The molecule has 56 valence electrons. The average Bonchev–Trinajstić information content (AvgIpc) is 1.95. The Hall–Kier alpha value is -0.630. The largest absolute Gasteiger partial charge is 0.321 e. The van der Waals surface area contributed by atoms with Crippen LogP contribution in [0.15, 0.2) is 12.7 Å². The third kappa shape index (κ3) is 1.27. The second-order valence-corrected chi connectivity index (χ2v) is 2.78. The minimum Gasteiger partial charge on any atom is -0.321 e. The van der Waals surface area contributed by atoms with E-state index >= 15 is 0 Å². The van der Waals surface area contributed by atoms with E-state index in [0.717, 1.165) is 12.8 Å². The van der Waals surface area contributed by atoms with Crippen LogP contribution in [0.2, 0.25) is 0 Å². The molecule has 0 spiro atoms. The molecule has 1 rings (SSSR count). The standard InChI is InChI=1S/C8H13NO/c1-2-6-4-3-5-7(10)8(6)9/h2,6,8H,1,3-5,9H2. The molecular weight excluding hydrogens is 126 g/mol. The Labute approximate surface area is 61.1 Å². The molecule has 2 nitrogen and oxygen atoms in total. The number of carbonyl (C=O) groups excluding carboxylic acids is 1. The van der Waals surface area contributed by atoms with E-state index in [2.05, 4.69) is 6.58 Å². The SMILES string of the molecule is C=CC1CCCC(=O)C1N. The monoisotopic (exact) mass is 139 g/mol. The normalized spacial score (nSPS) is 33.9. The Morgan fingerprint density at radius 3 is 2.90 bits per heavy atom. The van der Waals surface area contributed by atoms with Gasteiger partial charge in [-0.3, -0.25) is 4.79 Å². The summed E-state index contributed by atoms with van der Waals surface area (Å²) in [5.41, 5.74) is 5.61. The van der Waals surface area contributed by atoms with Gasteiger partial charge in [-0.2, -0.15) is 0 Å². The zero-order chi connectivity index (χ0) is 7.56. The molecule has 2 heteroatoms. The van der Waals surface area contributed by atoms with Crippen LogP contribution >= 0.6 is 0 Å². The first-order valence-corrected chi connectivity index (χ1v) is 3.66. The highest BCUT2D eigenvalue weighted by molar-refractivity contribution is 5.85. The molecule has 10 heavy (non-hydrogen) atoms. The van der Waals surface area contributed by atoms with Gasteiger partial charge in [-0.1, -0.05) is 6.08 Å². The van der Waals surface area contributed by atoms with E-state index in [1.807, 2.05) is 0 Å². The van der Waals surface area contributed by atoms with E-state index in [1.165, 1.54) is 0 Å². The van der Waals surface area contributed by atoms with Gasteiger partial charge in [0, 0.05) is 6.42 Å². The van der Waals surface area contributed by atoms with Crippen LogP contribution < -0.4 is 5.73 Å². The molecule has 1 aliphatic carbocycles. The molecule has 0 aromatic carbocycles. The number of nitrogens with two attached hydrogens (primary N) is 1. The topological polar surface area (TPSA) is 43.1 Å². The van der Waals surface area contributed by atoms with Gasteiger partial charge in [-0.15, -0.1) is 6.58 Å². The second-order valence-electron chi connectivity index (χ2n) is 2.78. The Morgan fingerprint density at radius 2 is 2.40 bits per heavy atom. The highest BCUT2D eigenvalue weighted by Gasteiger charge is 2.25. The van der Waals surface area contributed by atoms with Crippen molar-refractivity contribution < 1.29 is 4.79 Å². The van der Waals surface area contributed by atoms with E-state index in [0.29, 0.717) is 6.42 Å². The lowest BCUT2D eigenvalue weighted by Gasteiger charge is -2.23. The summed E-state index contributed by atoms with van der Waals surface area (Å²) >= 11 is 0. The highest BCUT2D eigenvalue weighted by atomic mass is 16.1.